The van der Waals surface area contributed by atoms with Crippen LogP contribution in [0.25, 0.3) is 0 Å². The molecule has 0 radical (unpaired) electrons. The number of hydrogen-bond acceptors (Lipinski definition) is 3. The van der Waals surface area contributed by atoms with Crippen molar-refractivity contribution in [3.05, 3.63) is 28.2 Å². The first-order chi connectivity index (χ1) is 10.0. The van der Waals surface area contributed by atoms with Gasteiger partial charge in [0.1, 0.15) is 0 Å². The SMILES string of the molecule is CCCNC(C)c1ccc(N2CCN(C)C(=O)C2)c(Br)c1. The molecule has 1 aliphatic rings. The zero-order valence-corrected chi connectivity index (χ0v) is 14.6. The van der Waals surface area contributed by atoms with Gasteiger partial charge in [0, 0.05) is 30.7 Å². The molecule has 0 bridgehead atoms. The van der Waals surface area contributed by atoms with Gasteiger partial charge in [0.2, 0.25) is 5.91 Å². The molecule has 0 spiro atoms. The van der Waals surface area contributed by atoms with E-state index in [9.17, 15) is 4.79 Å². The Morgan fingerprint density at radius 1 is 1.38 bits per heavy atom. The first-order valence-electron chi connectivity index (χ1n) is 7.54. The maximum Gasteiger partial charge on any atom is 0.241 e. The number of nitrogens with zero attached hydrogens (tertiary/aromatic N) is 2. The van der Waals surface area contributed by atoms with Crippen LogP contribution >= 0.6 is 15.9 Å². The van der Waals surface area contributed by atoms with Gasteiger partial charge in [-0.1, -0.05) is 13.0 Å². The predicted octanol–water partition coefficient (Wildman–Crippen LogP) is 2.79. The van der Waals surface area contributed by atoms with Gasteiger partial charge < -0.3 is 15.1 Å². The standard InChI is InChI=1S/C16H24BrN3O/c1-4-7-18-12(2)13-5-6-15(14(17)10-13)20-9-8-19(3)16(21)11-20/h5-6,10,12,18H,4,7-9,11H2,1-3H3. The molecule has 0 saturated carbocycles. The third-order valence-corrected chi connectivity index (χ3v) is 4.61. The highest BCUT2D eigenvalue weighted by molar-refractivity contribution is 9.10. The molecule has 5 heteroatoms. The Bertz CT molecular complexity index is 506. The largest absolute Gasteiger partial charge is 0.360 e. The van der Waals surface area contributed by atoms with Gasteiger partial charge in [0.05, 0.1) is 12.2 Å². The second kappa shape index (κ2) is 7.27. The lowest BCUT2D eigenvalue weighted by Crippen LogP contribution is -2.48. The molecule has 0 aromatic heterocycles. The quantitative estimate of drug-likeness (QED) is 0.883. The van der Waals surface area contributed by atoms with Gasteiger partial charge in [0.25, 0.3) is 0 Å². The summed E-state index contributed by atoms with van der Waals surface area (Å²) in [5.41, 5.74) is 2.36. The monoisotopic (exact) mass is 353 g/mol. The van der Waals surface area contributed by atoms with Gasteiger partial charge >= 0.3 is 0 Å². The zero-order valence-electron chi connectivity index (χ0n) is 13.0. The Kier molecular flexibility index (Phi) is 5.65. The van der Waals surface area contributed by atoms with E-state index in [1.54, 1.807) is 4.90 Å². The van der Waals surface area contributed by atoms with E-state index in [1.165, 1.54) is 5.56 Å². The number of piperazine rings is 1. The van der Waals surface area contributed by atoms with Gasteiger partial charge in [-0.25, -0.2) is 0 Å². The van der Waals surface area contributed by atoms with E-state index in [0.717, 1.165) is 36.2 Å². The normalized spacial score (nSPS) is 17.2. The van der Waals surface area contributed by atoms with Crippen LogP contribution in [0.1, 0.15) is 31.9 Å². The molecule has 1 aliphatic heterocycles. The number of carbonyl (C=O) groups is 1. The third-order valence-electron chi connectivity index (χ3n) is 3.97. The van der Waals surface area contributed by atoms with Crippen molar-refractivity contribution in [2.24, 2.45) is 0 Å². The van der Waals surface area contributed by atoms with Crippen molar-refractivity contribution in [3.8, 4) is 0 Å². The van der Waals surface area contributed by atoms with Gasteiger partial charge in [0.15, 0.2) is 0 Å². The Morgan fingerprint density at radius 3 is 2.76 bits per heavy atom. The molecule has 2 rings (SSSR count). The van der Waals surface area contributed by atoms with E-state index < -0.39 is 0 Å². The third kappa shape index (κ3) is 3.98. The fraction of sp³-hybridized carbons (Fsp3) is 0.562. The highest BCUT2D eigenvalue weighted by atomic mass is 79.9. The number of anilines is 1. The molecule has 1 atom stereocenters. The molecule has 21 heavy (non-hydrogen) atoms. The van der Waals surface area contributed by atoms with Crippen LogP contribution in [0.3, 0.4) is 0 Å². The first-order valence-corrected chi connectivity index (χ1v) is 8.34. The van der Waals surface area contributed by atoms with E-state index >= 15 is 0 Å². The lowest BCUT2D eigenvalue weighted by atomic mass is 10.1. The number of hydrogen-bond donors (Lipinski definition) is 1. The van der Waals surface area contributed by atoms with Crippen LogP contribution in [0.5, 0.6) is 0 Å². The van der Waals surface area contributed by atoms with Crippen LogP contribution < -0.4 is 10.2 Å². The fourth-order valence-corrected chi connectivity index (χ4v) is 3.14. The Morgan fingerprint density at radius 2 is 2.14 bits per heavy atom. The summed E-state index contributed by atoms with van der Waals surface area (Å²) in [5.74, 6) is 0.176. The smallest absolute Gasteiger partial charge is 0.241 e. The Labute approximate surface area is 135 Å². The topological polar surface area (TPSA) is 35.6 Å². The Hall–Kier alpha value is -1.07. The highest BCUT2D eigenvalue weighted by Crippen LogP contribution is 2.30. The molecule has 4 nitrogen and oxygen atoms in total. The minimum Gasteiger partial charge on any atom is -0.360 e. The van der Waals surface area contributed by atoms with Crippen LogP contribution in [-0.2, 0) is 4.79 Å². The van der Waals surface area contributed by atoms with Crippen LogP contribution in [0.2, 0.25) is 0 Å². The predicted molar refractivity (Wildman–Crippen MR) is 90.7 cm³/mol. The Balaban J connectivity index is 2.10. The van der Waals surface area contributed by atoms with Gasteiger partial charge in [-0.3, -0.25) is 4.79 Å². The van der Waals surface area contributed by atoms with Crippen molar-refractivity contribution < 1.29 is 4.79 Å². The molecule has 1 N–H and O–H groups in total. The van der Waals surface area contributed by atoms with E-state index in [-0.39, 0.29) is 5.91 Å². The van der Waals surface area contributed by atoms with Crippen molar-refractivity contribution in [1.82, 2.24) is 10.2 Å². The van der Waals surface area contributed by atoms with E-state index in [4.69, 9.17) is 0 Å². The summed E-state index contributed by atoms with van der Waals surface area (Å²) in [6.45, 7) is 7.48. The number of nitrogens with one attached hydrogen (secondary N) is 1. The van der Waals surface area contributed by atoms with E-state index in [2.05, 4.69) is 58.2 Å². The van der Waals surface area contributed by atoms with Crippen LogP contribution in [-0.4, -0.2) is 44.0 Å². The zero-order chi connectivity index (χ0) is 15.4. The maximum atomic E-state index is 11.8. The summed E-state index contributed by atoms with van der Waals surface area (Å²) in [5, 5.41) is 3.49. The molecule has 116 valence electrons. The lowest BCUT2D eigenvalue weighted by molar-refractivity contribution is -0.129. The number of carbonyl (C=O) groups excluding carboxylic acids is 1. The molecular weight excluding hydrogens is 330 g/mol. The number of halogens is 1. The van der Waals surface area contributed by atoms with Gasteiger partial charge in [-0.15, -0.1) is 0 Å². The lowest BCUT2D eigenvalue weighted by Gasteiger charge is -2.34. The summed E-state index contributed by atoms with van der Waals surface area (Å²) in [6, 6.07) is 6.76. The van der Waals surface area contributed by atoms with E-state index in [1.807, 2.05) is 7.05 Å². The number of benzene rings is 1. The average molecular weight is 354 g/mol. The second-order valence-electron chi connectivity index (χ2n) is 5.62. The van der Waals surface area contributed by atoms with E-state index in [0.29, 0.717) is 12.6 Å². The van der Waals surface area contributed by atoms with Crippen molar-refractivity contribution in [3.63, 3.8) is 0 Å². The number of amides is 1. The molecule has 1 fully saturated rings. The summed E-state index contributed by atoms with van der Waals surface area (Å²) in [4.78, 5) is 15.8. The maximum absolute atomic E-state index is 11.8. The number of rotatable bonds is 5. The van der Waals surface area contributed by atoms with Crippen LogP contribution in [0.4, 0.5) is 5.69 Å². The summed E-state index contributed by atoms with van der Waals surface area (Å²) >= 11 is 3.66. The van der Waals surface area contributed by atoms with Crippen molar-refractivity contribution in [2.45, 2.75) is 26.3 Å². The van der Waals surface area contributed by atoms with Crippen LogP contribution in [0, 0.1) is 0 Å². The number of likely N-dealkylation sites (N-methyl/N-ethyl adjacent to an activating group) is 1. The minimum absolute atomic E-state index is 0.176. The van der Waals surface area contributed by atoms with Gasteiger partial charge in [-0.2, -0.15) is 0 Å². The van der Waals surface area contributed by atoms with Crippen molar-refractivity contribution in [2.75, 3.05) is 38.1 Å². The molecule has 1 unspecified atom stereocenters. The molecule has 1 heterocycles. The second-order valence-corrected chi connectivity index (χ2v) is 6.48. The minimum atomic E-state index is 0.176. The summed E-state index contributed by atoms with van der Waals surface area (Å²) in [6.07, 6.45) is 1.13. The van der Waals surface area contributed by atoms with Crippen molar-refractivity contribution >= 4 is 27.5 Å². The summed E-state index contributed by atoms with van der Waals surface area (Å²) in [7, 11) is 1.86. The molecule has 0 aliphatic carbocycles. The highest BCUT2D eigenvalue weighted by Gasteiger charge is 2.22. The average Bonchev–Trinajstić information content (AvgIpc) is 2.47. The molecular formula is C16H24BrN3O. The molecule has 1 aromatic rings. The fourth-order valence-electron chi connectivity index (χ4n) is 2.49. The van der Waals surface area contributed by atoms with Crippen molar-refractivity contribution in [1.29, 1.82) is 0 Å². The van der Waals surface area contributed by atoms with Gasteiger partial charge in [-0.05, 0) is 53.5 Å². The summed E-state index contributed by atoms with van der Waals surface area (Å²) < 4.78 is 1.06. The first kappa shape index (κ1) is 16.3. The molecule has 1 saturated heterocycles. The molecule has 1 amide bonds. The van der Waals surface area contributed by atoms with Crippen LogP contribution in [0.15, 0.2) is 22.7 Å². The molecule has 1 aromatic carbocycles.